The van der Waals surface area contributed by atoms with Gasteiger partial charge in [-0.25, -0.2) is 0 Å². The predicted octanol–water partition coefficient (Wildman–Crippen LogP) is 4.36. The lowest BCUT2D eigenvalue weighted by molar-refractivity contribution is 0.249. The molecule has 1 nitrogen and oxygen atoms in total. The van der Waals surface area contributed by atoms with Crippen molar-refractivity contribution in [3.8, 4) is 0 Å². The highest BCUT2D eigenvalue weighted by Crippen LogP contribution is 2.40. The second-order valence-corrected chi connectivity index (χ2v) is 8.23. The minimum absolute atomic E-state index is 0.299. The maximum Gasteiger partial charge on any atom is 0.0418 e. The highest BCUT2D eigenvalue weighted by molar-refractivity contribution is 7.98. The van der Waals surface area contributed by atoms with Gasteiger partial charge in [0.1, 0.15) is 0 Å². The van der Waals surface area contributed by atoms with Crippen LogP contribution in [0.15, 0.2) is 6.07 Å². The molecule has 0 aromatic carbocycles. The largest absolute Gasteiger partial charge is 0.323 e. The number of hydrogen-bond donors (Lipinski definition) is 1. The predicted molar refractivity (Wildman–Crippen MR) is 82.2 cm³/mol. The number of fused-ring (bicyclic) bond motifs is 1. The lowest BCUT2D eigenvalue weighted by Gasteiger charge is -2.30. The molecule has 2 N–H and O–H groups in total. The summed E-state index contributed by atoms with van der Waals surface area (Å²) in [5.74, 6) is 4.10. The molecule has 18 heavy (non-hydrogen) atoms. The van der Waals surface area contributed by atoms with Crippen LogP contribution in [0.5, 0.6) is 0 Å². The summed E-state index contributed by atoms with van der Waals surface area (Å²) in [4.78, 5) is 3.07. The van der Waals surface area contributed by atoms with E-state index < -0.39 is 0 Å². The van der Waals surface area contributed by atoms with Crippen LogP contribution in [0.3, 0.4) is 0 Å². The smallest absolute Gasteiger partial charge is 0.0418 e. The summed E-state index contributed by atoms with van der Waals surface area (Å²) >= 11 is 4.06. The Morgan fingerprint density at radius 3 is 3.06 bits per heavy atom. The van der Waals surface area contributed by atoms with Crippen molar-refractivity contribution in [2.24, 2.45) is 17.6 Å². The van der Waals surface area contributed by atoms with Crippen molar-refractivity contribution < 1.29 is 0 Å². The van der Waals surface area contributed by atoms with Gasteiger partial charge in [0.15, 0.2) is 0 Å². The normalized spacial score (nSPS) is 29.9. The maximum atomic E-state index is 6.55. The Labute approximate surface area is 119 Å². The van der Waals surface area contributed by atoms with Crippen LogP contribution >= 0.6 is 23.1 Å². The molecular weight excluding hydrogens is 258 g/mol. The van der Waals surface area contributed by atoms with Gasteiger partial charge < -0.3 is 5.73 Å². The van der Waals surface area contributed by atoms with Crippen LogP contribution in [0.2, 0.25) is 0 Å². The maximum absolute atomic E-state index is 6.55. The van der Waals surface area contributed by atoms with Crippen LogP contribution in [-0.2, 0) is 12.2 Å². The lowest BCUT2D eigenvalue weighted by Crippen LogP contribution is -2.25. The van der Waals surface area contributed by atoms with E-state index in [-0.39, 0.29) is 0 Å². The van der Waals surface area contributed by atoms with Gasteiger partial charge in [0, 0.05) is 21.5 Å². The van der Waals surface area contributed by atoms with Crippen LogP contribution in [0.4, 0.5) is 0 Å². The molecule has 1 saturated carbocycles. The summed E-state index contributed by atoms with van der Waals surface area (Å²) in [7, 11) is 0. The number of nitrogens with two attached hydrogens (primary N) is 1. The molecule has 1 aromatic heterocycles. The molecule has 0 spiro atoms. The average molecular weight is 281 g/mol. The van der Waals surface area contributed by atoms with E-state index >= 15 is 0 Å². The Kier molecular flexibility index (Phi) is 4.02. The van der Waals surface area contributed by atoms with Gasteiger partial charge in [0.2, 0.25) is 0 Å². The molecule has 0 saturated heterocycles. The Bertz CT molecular complexity index is 389. The fourth-order valence-electron chi connectivity index (χ4n) is 3.37. The monoisotopic (exact) mass is 281 g/mol. The summed E-state index contributed by atoms with van der Waals surface area (Å²) in [6.07, 6.45) is 6.71. The molecule has 1 aliphatic heterocycles. The van der Waals surface area contributed by atoms with Crippen LogP contribution in [0, 0.1) is 11.8 Å². The van der Waals surface area contributed by atoms with E-state index in [4.69, 9.17) is 5.73 Å². The first-order valence-corrected chi connectivity index (χ1v) is 9.16. The minimum Gasteiger partial charge on any atom is -0.323 e. The van der Waals surface area contributed by atoms with Gasteiger partial charge >= 0.3 is 0 Å². The molecule has 100 valence electrons. The highest BCUT2D eigenvalue weighted by atomic mass is 32.2. The van der Waals surface area contributed by atoms with Crippen molar-refractivity contribution in [3.05, 3.63) is 21.4 Å². The summed E-state index contributed by atoms with van der Waals surface area (Å²) in [5, 5.41) is 0. The van der Waals surface area contributed by atoms with Gasteiger partial charge in [-0.15, -0.1) is 11.3 Å². The van der Waals surface area contributed by atoms with Gasteiger partial charge in [-0.3, -0.25) is 0 Å². The zero-order valence-electron chi connectivity index (χ0n) is 11.2. The zero-order chi connectivity index (χ0) is 12.5. The molecule has 3 unspecified atom stereocenters. The van der Waals surface area contributed by atoms with Gasteiger partial charge in [0.25, 0.3) is 0 Å². The SMILES string of the molecule is CC1CCCC(C(N)c2cc3c(s2)CCSC3)C1. The van der Waals surface area contributed by atoms with Crippen molar-refractivity contribution in [1.29, 1.82) is 0 Å². The number of thioether (sulfide) groups is 1. The van der Waals surface area contributed by atoms with Crippen LogP contribution in [0.25, 0.3) is 0 Å². The zero-order valence-corrected chi connectivity index (χ0v) is 12.8. The molecule has 1 aromatic rings. The van der Waals surface area contributed by atoms with Crippen molar-refractivity contribution in [2.75, 3.05) is 5.75 Å². The molecule has 2 heterocycles. The number of hydrogen-bond acceptors (Lipinski definition) is 3. The topological polar surface area (TPSA) is 26.0 Å². The van der Waals surface area contributed by atoms with Crippen LogP contribution in [0.1, 0.15) is 54.0 Å². The molecule has 1 aliphatic carbocycles. The van der Waals surface area contributed by atoms with Crippen LogP contribution in [-0.4, -0.2) is 5.75 Å². The third-order valence-electron chi connectivity index (χ3n) is 4.46. The van der Waals surface area contributed by atoms with E-state index in [1.54, 1.807) is 10.4 Å². The molecule has 1 fully saturated rings. The van der Waals surface area contributed by atoms with Gasteiger partial charge in [-0.2, -0.15) is 11.8 Å². The van der Waals surface area contributed by atoms with E-state index in [2.05, 4.69) is 24.8 Å². The summed E-state index contributed by atoms with van der Waals surface area (Å²) < 4.78 is 0. The molecular formula is C15H23NS2. The third-order valence-corrected chi connectivity index (χ3v) is 6.81. The number of rotatable bonds is 2. The molecule has 2 aliphatic rings. The van der Waals surface area contributed by atoms with E-state index in [9.17, 15) is 0 Å². The Morgan fingerprint density at radius 1 is 1.39 bits per heavy atom. The van der Waals surface area contributed by atoms with E-state index in [1.165, 1.54) is 48.5 Å². The van der Waals surface area contributed by atoms with Crippen molar-refractivity contribution in [1.82, 2.24) is 0 Å². The van der Waals surface area contributed by atoms with Crippen LogP contribution < -0.4 is 5.73 Å². The summed E-state index contributed by atoms with van der Waals surface area (Å²) in [6.45, 7) is 2.38. The third kappa shape index (κ3) is 2.63. The highest BCUT2D eigenvalue weighted by Gasteiger charge is 2.27. The standard InChI is InChI=1S/C15H23NS2/c1-10-3-2-4-11(7-10)15(16)14-8-12-9-17-6-5-13(12)18-14/h8,10-11,15H,2-7,9,16H2,1H3. The second-order valence-electron chi connectivity index (χ2n) is 5.96. The second kappa shape index (κ2) is 5.56. The summed E-state index contributed by atoms with van der Waals surface area (Å²) in [6, 6.07) is 2.71. The van der Waals surface area contributed by atoms with Crippen molar-refractivity contribution >= 4 is 23.1 Å². The van der Waals surface area contributed by atoms with Crippen molar-refractivity contribution in [2.45, 2.75) is 50.8 Å². The summed E-state index contributed by atoms with van der Waals surface area (Å²) in [5.41, 5.74) is 8.12. The fraction of sp³-hybridized carbons (Fsp3) is 0.733. The number of aryl methyl sites for hydroxylation is 1. The Hall–Kier alpha value is 0.01000. The molecule has 0 radical (unpaired) electrons. The Morgan fingerprint density at radius 2 is 2.28 bits per heavy atom. The minimum atomic E-state index is 0.299. The molecule has 3 rings (SSSR count). The van der Waals surface area contributed by atoms with Gasteiger partial charge in [-0.1, -0.05) is 19.8 Å². The fourth-order valence-corrected chi connectivity index (χ4v) is 5.85. The van der Waals surface area contributed by atoms with E-state index in [0.717, 1.165) is 11.8 Å². The van der Waals surface area contributed by atoms with Gasteiger partial charge in [0.05, 0.1) is 0 Å². The number of thiophene rings is 1. The molecule has 0 amide bonds. The lowest BCUT2D eigenvalue weighted by atomic mass is 9.78. The van der Waals surface area contributed by atoms with Gasteiger partial charge in [-0.05, 0) is 48.5 Å². The van der Waals surface area contributed by atoms with E-state index in [1.807, 2.05) is 11.3 Å². The average Bonchev–Trinajstić information content (AvgIpc) is 2.81. The van der Waals surface area contributed by atoms with E-state index in [0.29, 0.717) is 6.04 Å². The first kappa shape index (κ1) is 13.0. The van der Waals surface area contributed by atoms with Crippen molar-refractivity contribution in [3.63, 3.8) is 0 Å². The molecule has 3 atom stereocenters. The first-order chi connectivity index (χ1) is 8.74. The molecule has 3 heteroatoms. The Balaban J connectivity index is 1.75. The quantitative estimate of drug-likeness (QED) is 0.871. The first-order valence-electron chi connectivity index (χ1n) is 7.19. The molecule has 0 bridgehead atoms.